The van der Waals surface area contributed by atoms with Crippen molar-refractivity contribution in [1.29, 1.82) is 0 Å². The number of fused-ring (bicyclic) bond motifs is 1. The van der Waals surface area contributed by atoms with Gasteiger partial charge in [0.1, 0.15) is 0 Å². The quantitative estimate of drug-likeness (QED) is 0.873. The molecule has 0 unspecified atom stereocenters. The molecule has 0 saturated heterocycles. The topological polar surface area (TPSA) is 96.0 Å². The summed E-state index contributed by atoms with van der Waals surface area (Å²) in [6.45, 7) is 0. The molecule has 5 N–H and O–H groups in total. The highest BCUT2D eigenvalue weighted by Gasteiger charge is 2.19. The fourth-order valence-electron chi connectivity index (χ4n) is 2.65. The normalized spacial score (nSPS) is 17.0. The Balaban J connectivity index is 0.00000147. The molecule has 1 aliphatic rings. The Hall–Kier alpha value is -1.98. The molecule has 0 radical (unpaired) electrons. The van der Waals surface area contributed by atoms with E-state index in [1.54, 1.807) is 7.11 Å². The number of aryl methyl sites for hydroxylation is 1. The Morgan fingerprint density at radius 3 is 2.70 bits per heavy atom. The molecule has 1 heterocycles. The third kappa shape index (κ3) is 2.64. The molecule has 5 heteroatoms. The minimum atomic E-state index is 0. The van der Waals surface area contributed by atoms with Crippen LogP contribution in [0.3, 0.4) is 0 Å². The van der Waals surface area contributed by atoms with Crippen LogP contribution in [-0.2, 0) is 12.8 Å². The van der Waals surface area contributed by atoms with Gasteiger partial charge in [0.15, 0.2) is 0 Å². The molecular weight excluding hydrogens is 252 g/mol. The zero-order valence-electron chi connectivity index (χ0n) is 11.7. The van der Waals surface area contributed by atoms with Gasteiger partial charge in [-0.05, 0) is 36.0 Å². The summed E-state index contributed by atoms with van der Waals surface area (Å²) in [5, 5.41) is 0. The zero-order valence-corrected chi connectivity index (χ0v) is 11.7. The number of aromatic nitrogens is 2. The second kappa shape index (κ2) is 5.98. The number of rotatable bonds is 2. The third-order valence-electron chi connectivity index (χ3n) is 3.65. The van der Waals surface area contributed by atoms with Crippen LogP contribution in [0.5, 0.6) is 6.01 Å². The fourth-order valence-corrected chi connectivity index (χ4v) is 2.65. The van der Waals surface area contributed by atoms with Gasteiger partial charge in [-0.2, -0.15) is 0 Å². The van der Waals surface area contributed by atoms with E-state index < -0.39 is 0 Å². The van der Waals surface area contributed by atoms with Crippen molar-refractivity contribution >= 4 is 0 Å². The van der Waals surface area contributed by atoms with Gasteiger partial charge in [0.25, 0.3) is 0 Å². The predicted molar refractivity (Wildman–Crippen MR) is 79.0 cm³/mol. The van der Waals surface area contributed by atoms with Gasteiger partial charge in [0.2, 0.25) is 0 Å². The predicted octanol–water partition coefficient (Wildman–Crippen LogP) is 2.13. The summed E-state index contributed by atoms with van der Waals surface area (Å²) in [5.41, 5.74) is 11.0. The number of benzene rings is 1. The number of methoxy groups -OCH3 is 1. The standard InChI is InChI=1S/C15H17N3O.H3N/c1-19-15-17-8-11(9-18-15)13-4-2-3-10-5-6-12(16)7-14(10)13;/h2-4,8-9,12H,5-7,16H2,1H3;1H3/t12-;/m0./s1. The van der Waals surface area contributed by atoms with Crippen molar-refractivity contribution in [3.63, 3.8) is 0 Å². The number of nitrogens with zero attached hydrogens (tertiary/aromatic N) is 2. The van der Waals surface area contributed by atoms with E-state index in [4.69, 9.17) is 10.5 Å². The van der Waals surface area contributed by atoms with Gasteiger partial charge < -0.3 is 16.6 Å². The molecule has 0 spiro atoms. The van der Waals surface area contributed by atoms with Gasteiger partial charge >= 0.3 is 6.01 Å². The van der Waals surface area contributed by atoms with Crippen LogP contribution in [0.1, 0.15) is 17.5 Å². The second-order valence-electron chi connectivity index (χ2n) is 4.90. The van der Waals surface area contributed by atoms with Crippen molar-refractivity contribution in [3.8, 4) is 17.1 Å². The molecule has 0 aliphatic heterocycles. The summed E-state index contributed by atoms with van der Waals surface area (Å²) in [6.07, 6.45) is 6.66. The average molecular weight is 272 g/mol. The SMILES string of the molecule is COc1ncc(-c2cccc3c2C[C@@H](N)CC3)cn1.N. The van der Waals surface area contributed by atoms with Crippen LogP contribution in [-0.4, -0.2) is 23.1 Å². The molecule has 20 heavy (non-hydrogen) atoms. The van der Waals surface area contributed by atoms with Crippen LogP contribution >= 0.6 is 0 Å². The molecule has 106 valence electrons. The molecule has 0 bridgehead atoms. The Kier molecular flexibility index (Phi) is 4.32. The lowest BCUT2D eigenvalue weighted by Crippen LogP contribution is -2.28. The van der Waals surface area contributed by atoms with Crippen molar-refractivity contribution in [2.45, 2.75) is 25.3 Å². The summed E-state index contributed by atoms with van der Waals surface area (Å²) in [6, 6.07) is 7.05. The minimum Gasteiger partial charge on any atom is -0.467 e. The van der Waals surface area contributed by atoms with Crippen LogP contribution < -0.4 is 16.6 Å². The van der Waals surface area contributed by atoms with E-state index in [1.807, 2.05) is 12.4 Å². The Morgan fingerprint density at radius 2 is 2.00 bits per heavy atom. The maximum atomic E-state index is 6.09. The smallest absolute Gasteiger partial charge is 0.316 e. The fraction of sp³-hybridized carbons (Fsp3) is 0.333. The number of nitrogens with two attached hydrogens (primary N) is 1. The van der Waals surface area contributed by atoms with Gasteiger partial charge in [-0.25, -0.2) is 9.97 Å². The van der Waals surface area contributed by atoms with Crippen LogP contribution in [0, 0.1) is 0 Å². The Bertz CT molecular complexity index is 583. The maximum absolute atomic E-state index is 6.09. The molecule has 0 amide bonds. The van der Waals surface area contributed by atoms with Gasteiger partial charge in [-0.3, -0.25) is 0 Å². The van der Waals surface area contributed by atoms with Gasteiger partial charge in [0, 0.05) is 24.0 Å². The molecule has 1 aromatic carbocycles. The second-order valence-corrected chi connectivity index (χ2v) is 4.90. The summed E-state index contributed by atoms with van der Waals surface area (Å²) >= 11 is 0. The Labute approximate surface area is 118 Å². The molecule has 0 saturated carbocycles. The molecule has 2 aromatic rings. The van der Waals surface area contributed by atoms with Crippen molar-refractivity contribution in [2.24, 2.45) is 5.73 Å². The molecule has 1 aromatic heterocycles. The monoisotopic (exact) mass is 272 g/mol. The van der Waals surface area contributed by atoms with E-state index in [-0.39, 0.29) is 12.2 Å². The summed E-state index contributed by atoms with van der Waals surface area (Å²) < 4.78 is 4.99. The van der Waals surface area contributed by atoms with Crippen molar-refractivity contribution in [2.75, 3.05) is 7.11 Å². The first-order valence-corrected chi connectivity index (χ1v) is 6.50. The van der Waals surface area contributed by atoms with E-state index in [0.29, 0.717) is 6.01 Å². The average Bonchev–Trinajstić information content (AvgIpc) is 2.47. The number of hydrogen-bond acceptors (Lipinski definition) is 5. The summed E-state index contributed by atoms with van der Waals surface area (Å²) in [4.78, 5) is 8.35. The van der Waals surface area contributed by atoms with E-state index in [2.05, 4.69) is 28.2 Å². The molecule has 0 fully saturated rings. The molecule has 5 nitrogen and oxygen atoms in total. The van der Waals surface area contributed by atoms with Crippen molar-refractivity contribution in [3.05, 3.63) is 41.7 Å². The first-order chi connectivity index (χ1) is 9.28. The molecule has 1 aliphatic carbocycles. The van der Waals surface area contributed by atoms with Gasteiger partial charge in [0.05, 0.1) is 7.11 Å². The molecule has 1 atom stereocenters. The molecular formula is C15H20N4O. The highest BCUT2D eigenvalue weighted by atomic mass is 16.5. The lowest BCUT2D eigenvalue weighted by molar-refractivity contribution is 0.380. The van der Waals surface area contributed by atoms with Gasteiger partial charge in [-0.1, -0.05) is 18.2 Å². The minimum absolute atomic E-state index is 0. The highest BCUT2D eigenvalue weighted by molar-refractivity contribution is 5.68. The van der Waals surface area contributed by atoms with E-state index in [1.165, 1.54) is 16.7 Å². The van der Waals surface area contributed by atoms with Crippen molar-refractivity contribution in [1.82, 2.24) is 16.1 Å². The largest absolute Gasteiger partial charge is 0.467 e. The molecule has 3 rings (SSSR count). The van der Waals surface area contributed by atoms with Crippen LogP contribution in [0.25, 0.3) is 11.1 Å². The lowest BCUT2D eigenvalue weighted by atomic mass is 9.84. The van der Waals surface area contributed by atoms with Crippen LogP contribution in [0.2, 0.25) is 0 Å². The Morgan fingerprint density at radius 1 is 1.25 bits per heavy atom. The van der Waals surface area contributed by atoms with Crippen LogP contribution in [0.4, 0.5) is 0 Å². The zero-order chi connectivity index (χ0) is 13.2. The number of ether oxygens (including phenoxy) is 1. The highest BCUT2D eigenvalue weighted by Crippen LogP contribution is 2.30. The number of hydrogen-bond donors (Lipinski definition) is 2. The summed E-state index contributed by atoms with van der Waals surface area (Å²) in [7, 11) is 1.57. The summed E-state index contributed by atoms with van der Waals surface area (Å²) in [5.74, 6) is 0. The lowest BCUT2D eigenvalue weighted by Gasteiger charge is -2.24. The third-order valence-corrected chi connectivity index (χ3v) is 3.65. The first-order valence-electron chi connectivity index (χ1n) is 6.50. The van der Waals surface area contributed by atoms with Gasteiger partial charge in [-0.15, -0.1) is 0 Å². The van der Waals surface area contributed by atoms with E-state index in [0.717, 1.165) is 24.8 Å². The van der Waals surface area contributed by atoms with Crippen LogP contribution in [0.15, 0.2) is 30.6 Å². The van der Waals surface area contributed by atoms with E-state index in [9.17, 15) is 0 Å². The van der Waals surface area contributed by atoms with Crippen molar-refractivity contribution < 1.29 is 4.74 Å². The van der Waals surface area contributed by atoms with E-state index >= 15 is 0 Å². The first kappa shape index (κ1) is 14.4. The maximum Gasteiger partial charge on any atom is 0.316 e.